The number of aromatic amines is 2. The summed E-state index contributed by atoms with van der Waals surface area (Å²) in [5, 5.41) is 7.76. The number of anilines is 2. The van der Waals surface area contributed by atoms with Gasteiger partial charge in [-0.1, -0.05) is 6.07 Å². The normalized spacial score (nSPS) is 10.6. The van der Waals surface area contributed by atoms with Crippen LogP contribution in [0.3, 0.4) is 0 Å². The summed E-state index contributed by atoms with van der Waals surface area (Å²) in [6.45, 7) is 0. The Morgan fingerprint density at radius 1 is 0.958 bits per heavy atom. The number of rotatable bonds is 3. The van der Waals surface area contributed by atoms with Crippen molar-refractivity contribution in [3.63, 3.8) is 0 Å². The highest BCUT2D eigenvalue weighted by molar-refractivity contribution is 6.05. The Balaban J connectivity index is 1.94. The average molecular weight is 324 g/mol. The van der Waals surface area contributed by atoms with Crippen molar-refractivity contribution in [1.29, 1.82) is 0 Å². The van der Waals surface area contributed by atoms with Crippen molar-refractivity contribution in [2.45, 2.75) is 0 Å². The number of benzene rings is 2. The van der Waals surface area contributed by atoms with Crippen molar-refractivity contribution in [3.05, 3.63) is 68.7 Å². The molecule has 0 aliphatic carbocycles. The molecule has 122 valence electrons. The minimum absolute atomic E-state index is 0.221. The SMILES string of the molecule is CN(C)c1cccc(C(=O)Nc2ccc3c(=O)[nH][nH]c(=O)c3c2)c1. The summed E-state index contributed by atoms with van der Waals surface area (Å²) in [4.78, 5) is 37.8. The van der Waals surface area contributed by atoms with E-state index in [2.05, 4.69) is 15.5 Å². The van der Waals surface area contributed by atoms with E-state index in [1.54, 1.807) is 24.3 Å². The number of nitrogens with zero attached hydrogens (tertiary/aromatic N) is 1. The Morgan fingerprint density at radius 3 is 2.38 bits per heavy atom. The van der Waals surface area contributed by atoms with Crippen LogP contribution in [0.4, 0.5) is 11.4 Å². The number of amides is 1. The van der Waals surface area contributed by atoms with Crippen LogP contribution in [-0.4, -0.2) is 30.2 Å². The average Bonchev–Trinajstić information content (AvgIpc) is 2.58. The monoisotopic (exact) mass is 324 g/mol. The van der Waals surface area contributed by atoms with Crippen molar-refractivity contribution in [2.24, 2.45) is 0 Å². The number of hydrogen-bond acceptors (Lipinski definition) is 4. The molecule has 0 fully saturated rings. The van der Waals surface area contributed by atoms with Gasteiger partial charge in [-0.25, -0.2) is 0 Å². The Kier molecular flexibility index (Phi) is 3.91. The van der Waals surface area contributed by atoms with Gasteiger partial charge in [0.2, 0.25) is 0 Å². The summed E-state index contributed by atoms with van der Waals surface area (Å²) >= 11 is 0. The summed E-state index contributed by atoms with van der Waals surface area (Å²) in [5.41, 5.74) is 1.04. The molecular formula is C17H16N4O3. The van der Waals surface area contributed by atoms with E-state index in [1.165, 1.54) is 12.1 Å². The summed E-state index contributed by atoms with van der Waals surface area (Å²) in [5.74, 6) is -0.292. The first kappa shape index (κ1) is 15.5. The van der Waals surface area contributed by atoms with Crippen LogP contribution in [0, 0.1) is 0 Å². The van der Waals surface area contributed by atoms with Crippen LogP contribution < -0.4 is 21.3 Å². The zero-order valence-electron chi connectivity index (χ0n) is 13.2. The maximum atomic E-state index is 12.4. The molecule has 1 aromatic heterocycles. The van der Waals surface area contributed by atoms with Crippen molar-refractivity contribution in [2.75, 3.05) is 24.3 Å². The van der Waals surface area contributed by atoms with Gasteiger partial charge < -0.3 is 10.2 Å². The van der Waals surface area contributed by atoms with Gasteiger partial charge in [0.15, 0.2) is 0 Å². The molecule has 0 bridgehead atoms. The summed E-state index contributed by atoms with van der Waals surface area (Å²) in [7, 11) is 3.79. The van der Waals surface area contributed by atoms with E-state index < -0.39 is 5.56 Å². The van der Waals surface area contributed by atoms with E-state index >= 15 is 0 Å². The summed E-state index contributed by atoms with van der Waals surface area (Å²) in [6.07, 6.45) is 0. The molecule has 0 atom stereocenters. The Hall–Kier alpha value is -3.35. The first-order chi connectivity index (χ1) is 11.5. The molecule has 1 amide bonds. The van der Waals surface area contributed by atoms with E-state index in [-0.39, 0.29) is 22.2 Å². The van der Waals surface area contributed by atoms with Gasteiger partial charge in [-0.15, -0.1) is 0 Å². The molecule has 0 saturated carbocycles. The van der Waals surface area contributed by atoms with Gasteiger partial charge >= 0.3 is 0 Å². The Bertz CT molecular complexity index is 1030. The van der Waals surface area contributed by atoms with Gasteiger partial charge in [0, 0.05) is 31.0 Å². The number of carbonyl (C=O) groups excluding carboxylic acids is 1. The standard InChI is InChI=1S/C17H16N4O3/c1-21(2)12-5-3-4-10(8-12)15(22)18-11-6-7-13-14(9-11)17(24)20-19-16(13)23/h3-9H,1-2H3,(H,18,22)(H,19,23)(H,20,24). The van der Waals surface area contributed by atoms with Crippen LogP contribution in [-0.2, 0) is 0 Å². The fraction of sp³-hybridized carbons (Fsp3) is 0.118. The molecule has 0 saturated heterocycles. The second kappa shape index (κ2) is 6.04. The first-order valence-electron chi connectivity index (χ1n) is 7.29. The van der Waals surface area contributed by atoms with E-state index in [9.17, 15) is 14.4 Å². The molecule has 24 heavy (non-hydrogen) atoms. The maximum absolute atomic E-state index is 12.4. The zero-order valence-corrected chi connectivity index (χ0v) is 13.2. The van der Waals surface area contributed by atoms with Gasteiger partial charge in [0.25, 0.3) is 17.0 Å². The van der Waals surface area contributed by atoms with Gasteiger partial charge in [-0.2, -0.15) is 0 Å². The number of hydrogen-bond donors (Lipinski definition) is 3. The highest BCUT2D eigenvalue weighted by Gasteiger charge is 2.09. The lowest BCUT2D eigenvalue weighted by atomic mass is 10.1. The minimum atomic E-state index is -0.421. The number of nitrogens with one attached hydrogen (secondary N) is 3. The molecule has 0 aliphatic rings. The molecule has 7 nitrogen and oxygen atoms in total. The fourth-order valence-corrected chi connectivity index (χ4v) is 2.38. The van der Waals surface area contributed by atoms with Crippen LogP contribution in [0.15, 0.2) is 52.1 Å². The summed E-state index contributed by atoms with van der Waals surface area (Å²) < 4.78 is 0. The van der Waals surface area contributed by atoms with Crippen molar-refractivity contribution in [1.82, 2.24) is 10.2 Å². The number of aromatic nitrogens is 2. The highest BCUT2D eigenvalue weighted by atomic mass is 16.2. The molecule has 0 aliphatic heterocycles. The molecule has 3 N–H and O–H groups in total. The Labute approximate surface area is 136 Å². The molecule has 3 aromatic rings. The zero-order chi connectivity index (χ0) is 17.3. The predicted octanol–water partition coefficient (Wildman–Crippen LogP) is 1.53. The third kappa shape index (κ3) is 2.91. The topological polar surface area (TPSA) is 98.1 Å². The Morgan fingerprint density at radius 2 is 1.67 bits per heavy atom. The lowest BCUT2D eigenvalue weighted by Crippen LogP contribution is -2.19. The molecule has 0 radical (unpaired) electrons. The second-order valence-corrected chi connectivity index (χ2v) is 5.57. The van der Waals surface area contributed by atoms with Crippen molar-refractivity contribution in [3.8, 4) is 0 Å². The predicted molar refractivity (Wildman–Crippen MR) is 93.9 cm³/mol. The third-order valence-electron chi connectivity index (χ3n) is 3.68. The van der Waals surface area contributed by atoms with Gasteiger partial charge in [-0.05, 0) is 36.4 Å². The molecule has 0 spiro atoms. The number of carbonyl (C=O) groups is 1. The number of fused-ring (bicyclic) bond motifs is 1. The molecule has 7 heteroatoms. The molecule has 1 heterocycles. The molecule has 2 aromatic carbocycles. The lowest BCUT2D eigenvalue weighted by Gasteiger charge is -2.13. The van der Waals surface area contributed by atoms with Crippen LogP contribution in [0.2, 0.25) is 0 Å². The van der Waals surface area contributed by atoms with E-state index in [0.717, 1.165) is 5.69 Å². The molecular weight excluding hydrogens is 308 g/mol. The van der Waals surface area contributed by atoms with Crippen LogP contribution >= 0.6 is 0 Å². The highest BCUT2D eigenvalue weighted by Crippen LogP contribution is 2.17. The molecule has 3 rings (SSSR count). The lowest BCUT2D eigenvalue weighted by molar-refractivity contribution is 0.102. The quantitative estimate of drug-likeness (QED) is 0.680. The van der Waals surface area contributed by atoms with Crippen molar-refractivity contribution >= 4 is 28.1 Å². The smallest absolute Gasteiger partial charge is 0.270 e. The largest absolute Gasteiger partial charge is 0.378 e. The van der Waals surface area contributed by atoms with Gasteiger partial charge in [0.05, 0.1) is 10.8 Å². The van der Waals surface area contributed by atoms with E-state index in [1.807, 2.05) is 25.1 Å². The third-order valence-corrected chi connectivity index (χ3v) is 3.68. The minimum Gasteiger partial charge on any atom is -0.378 e. The number of H-pyrrole nitrogens is 2. The van der Waals surface area contributed by atoms with Crippen molar-refractivity contribution < 1.29 is 4.79 Å². The summed E-state index contributed by atoms with van der Waals surface area (Å²) in [6, 6.07) is 11.8. The van der Waals surface area contributed by atoms with E-state index in [4.69, 9.17) is 0 Å². The van der Waals surface area contributed by atoms with E-state index in [0.29, 0.717) is 11.3 Å². The van der Waals surface area contributed by atoms with Crippen LogP contribution in [0.1, 0.15) is 10.4 Å². The van der Waals surface area contributed by atoms with Gasteiger partial charge in [0.1, 0.15) is 0 Å². The van der Waals surface area contributed by atoms with Crippen LogP contribution in [0.5, 0.6) is 0 Å². The van der Waals surface area contributed by atoms with Gasteiger partial charge in [-0.3, -0.25) is 24.6 Å². The maximum Gasteiger partial charge on any atom is 0.270 e. The second-order valence-electron chi connectivity index (χ2n) is 5.57. The van der Waals surface area contributed by atoms with Crippen LogP contribution in [0.25, 0.3) is 10.8 Å². The molecule has 0 unspecified atom stereocenters. The first-order valence-corrected chi connectivity index (χ1v) is 7.29. The fourth-order valence-electron chi connectivity index (χ4n) is 2.38.